The van der Waals surface area contributed by atoms with Crippen LogP contribution in [0.4, 0.5) is 10.8 Å². The molecule has 0 bridgehead atoms. The van der Waals surface area contributed by atoms with E-state index in [0.717, 1.165) is 42.7 Å². The number of rotatable bonds is 9. The van der Waals surface area contributed by atoms with Gasteiger partial charge in [-0.15, -0.1) is 10.2 Å². The number of hydrogen-bond acceptors (Lipinski definition) is 7. The number of nitrogens with one attached hydrogen (secondary N) is 2. The monoisotopic (exact) mass is 478 g/mol. The molecule has 1 saturated carbocycles. The first-order valence-corrected chi connectivity index (χ1v) is 13.6. The highest BCUT2D eigenvalue weighted by Gasteiger charge is 2.33. The van der Waals surface area contributed by atoms with E-state index in [1.165, 1.54) is 17.8 Å². The van der Waals surface area contributed by atoms with Crippen LogP contribution in [0.5, 0.6) is 0 Å². The molecule has 1 fully saturated rings. The Balaban J connectivity index is 1.60. The van der Waals surface area contributed by atoms with Crippen molar-refractivity contribution in [3.63, 3.8) is 0 Å². The molecule has 8 nitrogen and oxygen atoms in total. The molecule has 1 aliphatic rings. The number of carbonyl (C=O) groups excluding carboxylic acids is 2. The van der Waals surface area contributed by atoms with Crippen LogP contribution in [0.25, 0.3) is 0 Å². The lowest BCUT2D eigenvalue weighted by Gasteiger charge is -2.18. The Kier molecular flexibility index (Phi) is 8.36. The second kappa shape index (κ2) is 11.0. The van der Waals surface area contributed by atoms with Crippen LogP contribution in [-0.4, -0.2) is 41.4 Å². The zero-order valence-electron chi connectivity index (χ0n) is 18.5. The van der Waals surface area contributed by atoms with Crippen LogP contribution in [0.3, 0.4) is 0 Å². The summed E-state index contributed by atoms with van der Waals surface area (Å²) in [7, 11) is -4.01. The minimum atomic E-state index is -4.01. The van der Waals surface area contributed by atoms with E-state index in [0.29, 0.717) is 16.7 Å². The fraction of sp³-hybridized carbons (Fsp3) is 0.545. The van der Waals surface area contributed by atoms with Crippen LogP contribution >= 0.6 is 11.3 Å². The number of sulfone groups is 1. The van der Waals surface area contributed by atoms with Gasteiger partial charge in [0.2, 0.25) is 16.9 Å². The van der Waals surface area contributed by atoms with Crippen molar-refractivity contribution in [2.24, 2.45) is 0 Å². The van der Waals surface area contributed by atoms with E-state index < -0.39 is 32.7 Å². The molecule has 32 heavy (non-hydrogen) atoms. The van der Waals surface area contributed by atoms with E-state index >= 15 is 0 Å². The number of amides is 2. The summed E-state index contributed by atoms with van der Waals surface area (Å²) in [5.74, 6) is -1.76. The Labute approximate surface area is 193 Å². The number of carbonyl (C=O) groups is 2. The molecule has 10 heteroatoms. The number of nitrogens with zero attached hydrogens (tertiary/aromatic N) is 2. The lowest BCUT2D eigenvalue weighted by atomic mass is 9.90. The molecule has 1 aliphatic carbocycles. The van der Waals surface area contributed by atoms with Crippen LogP contribution in [0.1, 0.15) is 68.9 Å². The van der Waals surface area contributed by atoms with Crippen LogP contribution < -0.4 is 10.6 Å². The van der Waals surface area contributed by atoms with Gasteiger partial charge in [0.1, 0.15) is 16.0 Å². The van der Waals surface area contributed by atoms with E-state index in [-0.39, 0.29) is 6.42 Å². The predicted molar refractivity (Wildman–Crippen MR) is 127 cm³/mol. The second-order valence-electron chi connectivity index (χ2n) is 8.07. The molecule has 2 amide bonds. The first kappa shape index (κ1) is 24.3. The van der Waals surface area contributed by atoms with Gasteiger partial charge in [-0.3, -0.25) is 14.9 Å². The number of aromatic nitrogens is 2. The van der Waals surface area contributed by atoms with Crippen molar-refractivity contribution in [2.75, 3.05) is 16.4 Å². The first-order valence-electron chi connectivity index (χ1n) is 11.1. The van der Waals surface area contributed by atoms with Crippen LogP contribution in [0, 0.1) is 0 Å². The van der Waals surface area contributed by atoms with Crippen molar-refractivity contribution in [3.05, 3.63) is 34.8 Å². The zero-order valence-corrected chi connectivity index (χ0v) is 20.1. The molecule has 174 valence electrons. The Morgan fingerprint density at radius 3 is 2.38 bits per heavy atom. The molecule has 1 unspecified atom stereocenters. The summed E-state index contributed by atoms with van der Waals surface area (Å²) >= 11 is 1.30. The SMILES string of the molecule is CCc1ccc(NC(=O)CS(=O)(=O)C(CC)C(=O)Nc2nnc(C3CCCCC3)s2)cc1. The number of hydrogen-bond donors (Lipinski definition) is 2. The lowest BCUT2D eigenvalue weighted by molar-refractivity contribution is -0.115. The van der Waals surface area contributed by atoms with Crippen LogP contribution in [0.15, 0.2) is 24.3 Å². The van der Waals surface area contributed by atoms with Crippen LogP contribution in [0.2, 0.25) is 0 Å². The van der Waals surface area contributed by atoms with E-state index in [1.54, 1.807) is 19.1 Å². The van der Waals surface area contributed by atoms with Gasteiger partial charge in [0.15, 0.2) is 9.84 Å². The van der Waals surface area contributed by atoms with Gasteiger partial charge >= 0.3 is 0 Å². The normalized spacial score (nSPS) is 15.8. The molecule has 0 radical (unpaired) electrons. The minimum absolute atomic E-state index is 0.0565. The highest BCUT2D eigenvalue weighted by Crippen LogP contribution is 2.35. The van der Waals surface area contributed by atoms with Gasteiger partial charge in [-0.25, -0.2) is 8.42 Å². The second-order valence-corrected chi connectivity index (χ2v) is 11.3. The molecular weight excluding hydrogens is 448 g/mol. The molecular formula is C22H30N4O4S2. The average molecular weight is 479 g/mol. The third-order valence-electron chi connectivity index (χ3n) is 5.70. The smallest absolute Gasteiger partial charge is 0.244 e. The van der Waals surface area contributed by atoms with Crippen molar-refractivity contribution >= 4 is 43.8 Å². The summed E-state index contributed by atoms with van der Waals surface area (Å²) in [6.07, 6.45) is 6.59. The molecule has 1 atom stereocenters. The Bertz CT molecular complexity index is 1030. The average Bonchev–Trinajstić information content (AvgIpc) is 3.23. The fourth-order valence-corrected chi connectivity index (χ4v) is 6.34. The predicted octanol–water partition coefficient (Wildman–Crippen LogP) is 3.92. The van der Waals surface area contributed by atoms with Gasteiger partial charge in [0.25, 0.3) is 0 Å². The van der Waals surface area contributed by atoms with Gasteiger partial charge in [-0.1, -0.05) is 56.6 Å². The highest BCUT2D eigenvalue weighted by atomic mass is 32.2. The number of anilines is 2. The fourth-order valence-electron chi connectivity index (χ4n) is 3.89. The van der Waals surface area contributed by atoms with E-state index in [2.05, 4.69) is 20.8 Å². The van der Waals surface area contributed by atoms with Crippen molar-refractivity contribution < 1.29 is 18.0 Å². The molecule has 1 heterocycles. The van der Waals surface area contributed by atoms with Crippen molar-refractivity contribution in [2.45, 2.75) is 70.0 Å². The Hall–Kier alpha value is -2.33. The summed E-state index contributed by atoms with van der Waals surface area (Å²) < 4.78 is 25.6. The Morgan fingerprint density at radius 2 is 1.75 bits per heavy atom. The molecule has 0 aliphatic heterocycles. The van der Waals surface area contributed by atoms with Crippen LogP contribution in [-0.2, 0) is 25.8 Å². The van der Waals surface area contributed by atoms with E-state index in [9.17, 15) is 18.0 Å². The van der Waals surface area contributed by atoms with Gasteiger partial charge in [0.05, 0.1) is 0 Å². The highest BCUT2D eigenvalue weighted by molar-refractivity contribution is 7.93. The van der Waals surface area contributed by atoms with E-state index in [4.69, 9.17) is 0 Å². The van der Waals surface area contributed by atoms with Gasteiger partial charge in [0, 0.05) is 11.6 Å². The number of benzene rings is 1. The largest absolute Gasteiger partial charge is 0.325 e. The quantitative estimate of drug-likeness (QED) is 0.564. The summed E-state index contributed by atoms with van der Waals surface area (Å²) in [6.45, 7) is 3.63. The topological polar surface area (TPSA) is 118 Å². The maximum atomic E-state index is 12.8. The maximum absolute atomic E-state index is 12.8. The molecule has 3 rings (SSSR count). The van der Waals surface area contributed by atoms with Crippen molar-refractivity contribution in [1.82, 2.24) is 10.2 Å². The molecule has 0 spiro atoms. The summed E-state index contributed by atoms with van der Waals surface area (Å²) in [5, 5.41) is 13.2. The lowest BCUT2D eigenvalue weighted by Crippen LogP contribution is -2.39. The summed E-state index contributed by atoms with van der Waals surface area (Å²) in [5.41, 5.74) is 1.63. The standard InChI is InChI=1S/C22H30N4O4S2/c1-3-15-10-12-17(13-11-15)23-19(27)14-32(29,30)18(4-2)20(28)24-22-26-25-21(31-22)16-8-6-5-7-9-16/h10-13,16,18H,3-9,14H2,1-2H3,(H,23,27)(H,24,26,28). The molecule has 2 N–H and O–H groups in total. The number of aryl methyl sites for hydroxylation is 1. The molecule has 0 saturated heterocycles. The van der Waals surface area contributed by atoms with E-state index in [1.807, 2.05) is 19.1 Å². The first-order chi connectivity index (χ1) is 15.3. The Morgan fingerprint density at radius 1 is 1.06 bits per heavy atom. The molecule has 1 aromatic carbocycles. The summed E-state index contributed by atoms with van der Waals surface area (Å²) in [4.78, 5) is 25.0. The van der Waals surface area contributed by atoms with Crippen molar-refractivity contribution in [3.8, 4) is 0 Å². The van der Waals surface area contributed by atoms with Gasteiger partial charge in [-0.05, 0) is 43.4 Å². The third-order valence-corrected chi connectivity index (χ3v) is 8.78. The van der Waals surface area contributed by atoms with Gasteiger partial charge < -0.3 is 5.32 Å². The minimum Gasteiger partial charge on any atom is -0.325 e. The molecule has 2 aromatic rings. The summed E-state index contributed by atoms with van der Waals surface area (Å²) in [6, 6.07) is 7.20. The maximum Gasteiger partial charge on any atom is 0.244 e. The molecule has 1 aromatic heterocycles. The third kappa shape index (κ3) is 6.35. The van der Waals surface area contributed by atoms with Gasteiger partial charge in [-0.2, -0.15) is 0 Å². The van der Waals surface area contributed by atoms with Crippen molar-refractivity contribution in [1.29, 1.82) is 0 Å². The zero-order chi connectivity index (χ0) is 23.1.